The molecule has 0 aliphatic carbocycles. The van der Waals surface area contributed by atoms with Crippen molar-refractivity contribution in [1.29, 1.82) is 0 Å². The molecule has 0 fully saturated rings. The minimum Gasteiger partial charge on any atom is -0.481 e. The van der Waals surface area contributed by atoms with Gasteiger partial charge in [0, 0.05) is 12.6 Å². The molecule has 0 unspecified atom stereocenters. The van der Waals surface area contributed by atoms with Crippen LogP contribution in [0.4, 0.5) is 9.59 Å². The highest BCUT2D eigenvalue weighted by atomic mass is 16.6. The number of hydrogen-bond acceptors (Lipinski definition) is 6. The van der Waals surface area contributed by atoms with Gasteiger partial charge in [-0.25, -0.2) is 9.59 Å². The first kappa shape index (κ1) is 27.5. The summed E-state index contributed by atoms with van der Waals surface area (Å²) in [7, 11) is 0. The summed E-state index contributed by atoms with van der Waals surface area (Å²) in [5.74, 6) is -1.57. The zero-order valence-corrected chi connectivity index (χ0v) is 21.2. The van der Waals surface area contributed by atoms with Crippen LogP contribution in [-0.2, 0) is 38.6 Å². The first-order valence-corrected chi connectivity index (χ1v) is 12.0. The van der Waals surface area contributed by atoms with Crippen LogP contribution >= 0.6 is 0 Å². The van der Waals surface area contributed by atoms with Crippen molar-refractivity contribution < 1.29 is 33.8 Å². The minimum atomic E-state index is -1.21. The Kier molecular flexibility index (Phi) is 9.10. The molecule has 2 aromatic rings. The fourth-order valence-corrected chi connectivity index (χ4v) is 4.04. The number of carboxylic acids is 1. The Morgan fingerprint density at radius 1 is 1.00 bits per heavy atom. The molecule has 0 bridgehead atoms. The highest BCUT2D eigenvalue weighted by molar-refractivity contribution is 5.87. The van der Waals surface area contributed by atoms with Crippen molar-refractivity contribution in [3.63, 3.8) is 0 Å². The maximum absolute atomic E-state index is 13.7. The number of nitrogens with zero attached hydrogens (tertiary/aromatic N) is 1. The first-order valence-electron chi connectivity index (χ1n) is 12.0. The molecule has 10 heteroatoms. The fraction of sp³-hybridized carbons (Fsp3) is 0.407. The van der Waals surface area contributed by atoms with Crippen molar-refractivity contribution >= 4 is 24.1 Å². The second kappa shape index (κ2) is 12.2. The van der Waals surface area contributed by atoms with Crippen LogP contribution in [0.5, 0.6) is 0 Å². The number of amides is 3. The van der Waals surface area contributed by atoms with Gasteiger partial charge in [-0.05, 0) is 43.9 Å². The molecular formula is C27H33N3O7. The Balaban J connectivity index is 1.74. The van der Waals surface area contributed by atoms with Gasteiger partial charge in [0.15, 0.2) is 0 Å². The van der Waals surface area contributed by atoms with Gasteiger partial charge >= 0.3 is 18.2 Å². The summed E-state index contributed by atoms with van der Waals surface area (Å²) in [6.45, 7) is 5.00. The van der Waals surface area contributed by atoms with Gasteiger partial charge in [0.2, 0.25) is 5.91 Å². The third kappa shape index (κ3) is 8.52. The Hall–Kier alpha value is -4.08. The molecule has 10 nitrogen and oxygen atoms in total. The van der Waals surface area contributed by atoms with E-state index in [1.807, 2.05) is 42.5 Å². The largest absolute Gasteiger partial charge is 0.481 e. The van der Waals surface area contributed by atoms with Gasteiger partial charge in [0.25, 0.3) is 0 Å². The molecule has 3 amide bonds. The molecule has 1 aliphatic heterocycles. The number of carboxylic acid groups (broad SMARTS) is 1. The Bertz CT molecular complexity index is 1110. The van der Waals surface area contributed by atoms with Crippen molar-refractivity contribution in [2.45, 2.75) is 64.4 Å². The summed E-state index contributed by atoms with van der Waals surface area (Å²) in [6, 6.07) is 14.8. The zero-order valence-electron chi connectivity index (χ0n) is 21.2. The molecular weight excluding hydrogens is 478 g/mol. The number of nitrogens with one attached hydrogen (secondary N) is 2. The number of fused-ring (bicyclic) bond motifs is 1. The first-order chi connectivity index (χ1) is 17.5. The van der Waals surface area contributed by atoms with Crippen molar-refractivity contribution in [3.8, 4) is 0 Å². The lowest BCUT2D eigenvalue weighted by molar-refractivity contribution is -0.142. The molecule has 0 radical (unpaired) electrons. The van der Waals surface area contributed by atoms with E-state index in [-0.39, 0.29) is 26.1 Å². The van der Waals surface area contributed by atoms with Crippen LogP contribution in [0.3, 0.4) is 0 Å². The average molecular weight is 512 g/mol. The van der Waals surface area contributed by atoms with Crippen molar-refractivity contribution in [1.82, 2.24) is 15.5 Å². The normalized spacial score (nSPS) is 15.6. The molecule has 1 heterocycles. The third-order valence-electron chi connectivity index (χ3n) is 5.70. The number of alkyl carbamates (subject to hydrolysis) is 2. The Morgan fingerprint density at radius 3 is 2.30 bits per heavy atom. The molecule has 37 heavy (non-hydrogen) atoms. The zero-order chi connectivity index (χ0) is 27.0. The smallest absolute Gasteiger partial charge is 0.408 e. The molecule has 0 saturated carbocycles. The number of carbonyl (C=O) groups excluding carboxylic acids is 3. The van der Waals surface area contributed by atoms with Crippen LogP contribution in [0.2, 0.25) is 0 Å². The number of rotatable bonds is 8. The van der Waals surface area contributed by atoms with Gasteiger partial charge in [-0.1, -0.05) is 54.6 Å². The molecule has 0 aromatic heterocycles. The molecule has 1 aliphatic rings. The lowest BCUT2D eigenvalue weighted by Gasteiger charge is -2.38. The van der Waals surface area contributed by atoms with Crippen molar-refractivity contribution in [2.24, 2.45) is 0 Å². The maximum atomic E-state index is 13.7. The summed E-state index contributed by atoms with van der Waals surface area (Å²) >= 11 is 0. The lowest BCUT2D eigenvalue weighted by atomic mass is 9.91. The van der Waals surface area contributed by atoms with Crippen molar-refractivity contribution in [3.05, 3.63) is 71.3 Å². The maximum Gasteiger partial charge on any atom is 0.408 e. The third-order valence-corrected chi connectivity index (χ3v) is 5.70. The van der Waals surface area contributed by atoms with Gasteiger partial charge in [-0.15, -0.1) is 0 Å². The minimum absolute atomic E-state index is 0.0361. The summed E-state index contributed by atoms with van der Waals surface area (Å²) < 4.78 is 10.5. The number of ether oxygens (including phenoxy) is 2. The highest BCUT2D eigenvalue weighted by Gasteiger charge is 2.36. The van der Waals surface area contributed by atoms with Gasteiger partial charge in [-0.2, -0.15) is 0 Å². The van der Waals surface area contributed by atoms with E-state index in [9.17, 15) is 24.3 Å². The van der Waals surface area contributed by atoms with Gasteiger partial charge in [-0.3, -0.25) is 9.59 Å². The van der Waals surface area contributed by atoms with E-state index in [1.54, 1.807) is 32.9 Å². The van der Waals surface area contributed by atoms with E-state index in [0.717, 1.165) is 16.7 Å². The Labute approximate surface area is 215 Å². The van der Waals surface area contributed by atoms with Crippen LogP contribution in [0.15, 0.2) is 54.6 Å². The fourth-order valence-electron chi connectivity index (χ4n) is 4.04. The Morgan fingerprint density at radius 2 is 1.65 bits per heavy atom. The average Bonchev–Trinajstić information content (AvgIpc) is 2.83. The predicted octanol–water partition coefficient (Wildman–Crippen LogP) is 3.23. The van der Waals surface area contributed by atoms with Crippen LogP contribution in [0.25, 0.3) is 0 Å². The topological polar surface area (TPSA) is 134 Å². The van der Waals surface area contributed by atoms with E-state index < -0.39 is 41.7 Å². The van der Waals surface area contributed by atoms with Crippen LogP contribution in [0.1, 0.15) is 43.9 Å². The standard InChI is InChI=1S/C27H33N3O7/c1-27(2,3)37-26(35)29-22(15-28-25(34)36-17-18-9-5-4-6-10-18)24(33)30-16-20-12-8-7-11-19(20)13-21(30)14-23(31)32/h4-12,21-22H,13-17H2,1-3H3,(H,28,34)(H,29,35)(H,31,32)/t21-,22+/m1/s1. The number of hydrogen-bond donors (Lipinski definition) is 3. The van der Waals surface area contributed by atoms with Crippen LogP contribution in [0, 0.1) is 0 Å². The van der Waals surface area contributed by atoms with Gasteiger partial charge < -0.3 is 30.1 Å². The molecule has 3 N–H and O–H groups in total. The van der Waals surface area contributed by atoms with Gasteiger partial charge in [0.1, 0.15) is 18.2 Å². The number of carbonyl (C=O) groups is 4. The van der Waals surface area contributed by atoms with E-state index in [2.05, 4.69) is 10.6 Å². The summed E-state index contributed by atoms with van der Waals surface area (Å²) in [4.78, 5) is 51.5. The van der Waals surface area contributed by atoms with E-state index in [0.29, 0.717) is 6.42 Å². The number of benzene rings is 2. The van der Waals surface area contributed by atoms with Gasteiger partial charge in [0.05, 0.1) is 13.0 Å². The number of aliphatic carboxylic acids is 1. The predicted molar refractivity (Wildman–Crippen MR) is 135 cm³/mol. The van der Waals surface area contributed by atoms with Crippen LogP contribution < -0.4 is 10.6 Å². The lowest BCUT2D eigenvalue weighted by Crippen LogP contribution is -2.57. The van der Waals surface area contributed by atoms with E-state index in [4.69, 9.17) is 9.47 Å². The van der Waals surface area contributed by atoms with Crippen LogP contribution in [-0.4, -0.2) is 58.3 Å². The van der Waals surface area contributed by atoms with Crippen molar-refractivity contribution in [2.75, 3.05) is 6.54 Å². The SMILES string of the molecule is CC(C)(C)OC(=O)N[C@@H](CNC(=O)OCc1ccccc1)C(=O)N1Cc2ccccc2C[C@@H]1CC(=O)O. The quantitative estimate of drug-likeness (QED) is 0.495. The van der Waals surface area contributed by atoms with E-state index in [1.165, 1.54) is 4.90 Å². The molecule has 3 rings (SSSR count). The molecule has 2 atom stereocenters. The monoisotopic (exact) mass is 511 g/mol. The molecule has 0 saturated heterocycles. The van der Waals surface area contributed by atoms with E-state index >= 15 is 0 Å². The summed E-state index contributed by atoms with van der Waals surface area (Å²) in [6.07, 6.45) is -1.50. The summed E-state index contributed by atoms with van der Waals surface area (Å²) in [5.41, 5.74) is 1.84. The highest BCUT2D eigenvalue weighted by Crippen LogP contribution is 2.26. The molecule has 0 spiro atoms. The molecule has 2 aromatic carbocycles. The molecule has 198 valence electrons. The summed E-state index contributed by atoms with van der Waals surface area (Å²) in [5, 5.41) is 14.5. The second-order valence-corrected chi connectivity index (χ2v) is 9.83. The second-order valence-electron chi connectivity index (χ2n) is 9.83.